The molecule has 4 aromatic heterocycles. The van der Waals surface area contributed by atoms with Crippen molar-refractivity contribution in [1.29, 1.82) is 0 Å². The summed E-state index contributed by atoms with van der Waals surface area (Å²) in [5, 5.41) is 6.55. The molecule has 1 aliphatic rings. The number of ether oxygens (including phenoxy) is 2. The summed E-state index contributed by atoms with van der Waals surface area (Å²) in [6, 6.07) is 90.9. The summed E-state index contributed by atoms with van der Waals surface area (Å²) < 4.78 is 110. The lowest BCUT2D eigenvalue weighted by Crippen LogP contribution is -2.24. The highest BCUT2D eigenvalue weighted by molar-refractivity contribution is 6.13. The van der Waals surface area contributed by atoms with Gasteiger partial charge in [0.15, 0.2) is 0 Å². The van der Waals surface area contributed by atoms with E-state index >= 15 is 0 Å². The van der Waals surface area contributed by atoms with E-state index < -0.39 is 60.4 Å². The Balaban J connectivity index is 0.743. The van der Waals surface area contributed by atoms with Gasteiger partial charge in [-0.2, -0.15) is 0 Å². The fourth-order valence-electron chi connectivity index (χ4n) is 14.5. The number of rotatable bonds is 13. The molecule has 0 bridgehead atoms. The van der Waals surface area contributed by atoms with Gasteiger partial charge in [-0.1, -0.05) is 230 Å². The molecule has 0 saturated heterocycles. The molecule has 0 amide bonds. The second-order valence-electron chi connectivity index (χ2n) is 24.3. The monoisotopic (exact) mass is 1270 g/mol. The van der Waals surface area contributed by atoms with Crippen LogP contribution in [0.3, 0.4) is 0 Å². The molecule has 0 unspecified atom stereocenters. The zero-order chi connectivity index (χ0) is 73.3. The van der Waals surface area contributed by atoms with E-state index in [9.17, 15) is 5.48 Å². The molecule has 5 heterocycles. The molecular formula is C90H60N6O2. The van der Waals surface area contributed by atoms with E-state index in [1.807, 2.05) is 89.8 Å². The van der Waals surface area contributed by atoms with Crippen molar-refractivity contribution in [1.82, 2.24) is 18.7 Å². The third-order valence-electron chi connectivity index (χ3n) is 18.8. The lowest BCUT2D eigenvalue weighted by Gasteiger charge is -2.27. The molecule has 0 saturated carbocycles. The molecule has 0 N–H and O–H groups in total. The molecule has 1 aliphatic heterocycles. The minimum Gasteiger partial charge on any atom is -0.457 e. The zero-order valence-electron chi connectivity index (χ0n) is 62.4. The Morgan fingerprint density at radius 2 is 0.786 bits per heavy atom. The van der Waals surface area contributed by atoms with Crippen LogP contribution in [0.25, 0.3) is 127 Å². The molecule has 98 heavy (non-hydrogen) atoms. The maximum Gasteiger partial charge on any atom is 0.143 e. The fraction of sp³-hybridized carbons (Fsp3) is 0.0111. The number of fused-ring (bicyclic) bond motifs is 10. The maximum atomic E-state index is 9.22. The molecular weight excluding hydrogens is 1200 g/mol. The van der Waals surface area contributed by atoms with Crippen LogP contribution in [0, 0.1) is 0 Å². The van der Waals surface area contributed by atoms with Gasteiger partial charge in [-0.05, 0) is 119 Å². The smallest absolute Gasteiger partial charge is 0.143 e. The first-order chi connectivity index (χ1) is 52.8. The Kier molecular flexibility index (Phi) is 11.2. The van der Waals surface area contributed by atoms with Gasteiger partial charge in [-0.15, -0.1) is 0 Å². The van der Waals surface area contributed by atoms with E-state index in [-0.39, 0.29) is 34.6 Å². The molecule has 0 aliphatic carbocycles. The predicted molar refractivity (Wildman–Crippen MR) is 404 cm³/mol. The quantitative estimate of drug-likeness (QED) is 0.115. The van der Waals surface area contributed by atoms with E-state index in [0.29, 0.717) is 40.2 Å². The molecule has 0 atom stereocenters. The van der Waals surface area contributed by atoms with Crippen LogP contribution in [0.4, 0.5) is 22.7 Å². The van der Waals surface area contributed by atoms with Crippen LogP contribution >= 0.6 is 0 Å². The maximum absolute atomic E-state index is 9.22. The van der Waals surface area contributed by atoms with Crippen molar-refractivity contribution in [2.24, 2.45) is 0 Å². The molecule has 462 valence electrons. The lowest BCUT2D eigenvalue weighted by atomic mass is 9.95. The third kappa shape index (κ3) is 9.48. The highest BCUT2D eigenvalue weighted by Gasteiger charge is 2.32. The molecule has 14 aromatic carbocycles. The first-order valence-electron chi connectivity index (χ1n) is 37.4. The van der Waals surface area contributed by atoms with E-state index in [4.69, 9.17) is 22.7 Å². The fourth-order valence-corrected chi connectivity index (χ4v) is 14.5. The van der Waals surface area contributed by atoms with E-state index in [0.717, 1.165) is 105 Å². The number of hydrogen-bond donors (Lipinski definition) is 0. The first kappa shape index (κ1) is 46.8. The van der Waals surface area contributed by atoms with Gasteiger partial charge in [0.2, 0.25) is 0 Å². The summed E-state index contributed by atoms with van der Waals surface area (Å²) in [5.41, 5.74) is 14.3. The van der Waals surface area contributed by atoms with Crippen molar-refractivity contribution < 1.29 is 23.2 Å². The molecule has 8 heteroatoms. The van der Waals surface area contributed by atoms with Crippen molar-refractivity contribution in [3.05, 3.63) is 352 Å². The van der Waals surface area contributed by atoms with Crippen molar-refractivity contribution >= 4 is 88.2 Å². The van der Waals surface area contributed by atoms with Crippen LogP contribution in [-0.2, 0) is 0 Å². The molecule has 0 fully saturated rings. The van der Waals surface area contributed by atoms with Crippen molar-refractivity contribution in [2.75, 3.05) is 16.5 Å². The van der Waals surface area contributed by atoms with E-state index in [2.05, 4.69) is 201 Å². The molecule has 18 aromatic rings. The highest BCUT2D eigenvalue weighted by Crippen LogP contribution is 2.52. The summed E-state index contributed by atoms with van der Waals surface area (Å²) in [5.74, 6) is 2.86. The van der Waals surface area contributed by atoms with Crippen molar-refractivity contribution in [2.45, 2.75) is 0 Å². The Labute approximate surface area is 580 Å². The standard InChI is InChI=1S/C90H60N6O2/c1-5-25-60(26-6-1)70-39-24-40-71(61-27-7-2-8-28-61)89(70)93-59-92(85-45-21-22-46-86(85)93)64-33-23-34-67(53-64)97-68-48-49-76-79-54-65(94-80-41-17-13-35-72(80)73-36-14-18-42-81(73)94)47-50-84(79)96(87(76)57-68)88-58-69(51-52-91-88)98-90-77(62-29-9-3-10-30-62)55-66(56-78(90)63-31-11-4-12-32-63)95-82-43-19-15-37-74(82)75-38-16-20-44-83(75)95/h1-58H,59H2/i1D,2D,5D,6D,7D,8D,25D,26D,27D,28D. The van der Waals surface area contributed by atoms with E-state index in [1.165, 1.54) is 0 Å². The number of pyridine rings is 1. The SMILES string of the molecule is [2H]c1c([2H])c([2H])c(-c2cccc(-c3c([2H])c([2H])c([2H])c([2H])c3[2H])c2N2CN(c3cccc(Oc4ccc5c6cc(-n7c8ccccc8c8ccccc87)ccc6n(-c6cc(Oc7c(-c8ccccc8)cc(-n8c9ccccc9c9ccccc98)cc7-c7ccccc7)ccn6)c5c4)c3)c3ccccc32)c([2H])c1[2H]. The second kappa shape index (κ2) is 23.4. The Bertz CT molecular complexity index is 6460. The summed E-state index contributed by atoms with van der Waals surface area (Å²) >= 11 is 0. The van der Waals surface area contributed by atoms with Gasteiger partial charge < -0.3 is 28.4 Å². The van der Waals surface area contributed by atoms with Gasteiger partial charge in [0.05, 0.1) is 63.9 Å². The van der Waals surface area contributed by atoms with Crippen LogP contribution in [-0.4, -0.2) is 25.4 Å². The van der Waals surface area contributed by atoms with E-state index in [1.54, 1.807) is 24.4 Å². The number of nitrogens with zero attached hydrogens (tertiary/aromatic N) is 6. The van der Waals surface area contributed by atoms with Gasteiger partial charge in [-0.3, -0.25) is 4.57 Å². The summed E-state index contributed by atoms with van der Waals surface area (Å²) in [6.45, 7) is 0.0671. The zero-order valence-corrected chi connectivity index (χ0v) is 52.4. The molecule has 8 nitrogen and oxygen atoms in total. The lowest BCUT2D eigenvalue weighted by molar-refractivity contribution is 0.483. The largest absolute Gasteiger partial charge is 0.457 e. The topological polar surface area (TPSA) is 52.6 Å². The van der Waals surface area contributed by atoms with Crippen LogP contribution < -0.4 is 19.3 Å². The highest BCUT2D eigenvalue weighted by atomic mass is 16.5. The predicted octanol–water partition coefficient (Wildman–Crippen LogP) is 23.9. The average Bonchev–Trinajstić information content (AvgIpc) is 1.44. The molecule has 0 spiro atoms. The Hall–Kier alpha value is -13.2. The third-order valence-corrected chi connectivity index (χ3v) is 18.8. The number of para-hydroxylation sites is 7. The number of anilines is 4. The van der Waals surface area contributed by atoms with Gasteiger partial charge in [0.25, 0.3) is 0 Å². The first-order valence-corrected chi connectivity index (χ1v) is 32.4. The molecule has 0 radical (unpaired) electrons. The number of benzene rings is 14. The minimum absolute atomic E-state index is 0.0671. The van der Waals surface area contributed by atoms with Gasteiger partial charge in [0.1, 0.15) is 35.5 Å². The van der Waals surface area contributed by atoms with Gasteiger partial charge in [-0.25, -0.2) is 4.98 Å². The number of aromatic nitrogens is 4. The summed E-state index contributed by atoms with van der Waals surface area (Å²) in [7, 11) is 0. The van der Waals surface area contributed by atoms with Gasteiger partial charge >= 0.3 is 0 Å². The summed E-state index contributed by atoms with van der Waals surface area (Å²) in [6.07, 6.45) is 1.79. The Morgan fingerprint density at radius 3 is 1.38 bits per heavy atom. The average molecular weight is 1270 g/mol. The van der Waals surface area contributed by atoms with Crippen molar-refractivity contribution in [3.8, 4) is 84.7 Å². The minimum atomic E-state index is -0.566. The van der Waals surface area contributed by atoms with Crippen LogP contribution in [0.2, 0.25) is 0 Å². The van der Waals surface area contributed by atoms with Crippen LogP contribution in [0.1, 0.15) is 13.7 Å². The number of hydrogen-bond acceptors (Lipinski definition) is 5. The van der Waals surface area contributed by atoms with Crippen LogP contribution in [0.15, 0.2) is 352 Å². The Morgan fingerprint density at radius 1 is 0.296 bits per heavy atom. The van der Waals surface area contributed by atoms with Crippen LogP contribution in [0.5, 0.6) is 23.0 Å². The van der Waals surface area contributed by atoms with Gasteiger partial charge in [0, 0.05) is 96.0 Å². The second-order valence-corrected chi connectivity index (χ2v) is 24.3. The summed E-state index contributed by atoms with van der Waals surface area (Å²) in [4.78, 5) is 9.13. The molecule has 19 rings (SSSR count). The normalized spacial score (nSPS) is 13.6. The van der Waals surface area contributed by atoms with Crippen molar-refractivity contribution in [3.63, 3.8) is 0 Å².